The molecule has 94 valence electrons. The first-order valence-electron chi connectivity index (χ1n) is 6.64. The third kappa shape index (κ3) is 2.63. The normalized spacial score (nSPS) is 13.8. The van der Waals surface area contributed by atoms with Crippen LogP contribution in [0.15, 0.2) is 48.5 Å². The molecule has 1 saturated carbocycles. The van der Waals surface area contributed by atoms with Gasteiger partial charge in [0.1, 0.15) is 12.4 Å². The van der Waals surface area contributed by atoms with Crippen molar-refractivity contribution < 1.29 is 4.74 Å². The second kappa shape index (κ2) is 5.20. The summed E-state index contributed by atoms with van der Waals surface area (Å²) < 4.78 is 6.00. The summed E-state index contributed by atoms with van der Waals surface area (Å²) in [5.41, 5.74) is 3.29. The fourth-order valence-corrected chi connectivity index (χ4v) is 2.28. The number of hydrogen-bond acceptors (Lipinski definition) is 1. The van der Waals surface area contributed by atoms with Crippen LogP contribution < -0.4 is 4.74 Å². The van der Waals surface area contributed by atoms with Crippen molar-refractivity contribution in [1.29, 1.82) is 0 Å². The molecule has 0 bridgehead atoms. The van der Waals surface area contributed by atoms with Crippen molar-refractivity contribution >= 4 is 0 Å². The number of ether oxygens (including phenoxy) is 1. The average molecular weight is 248 g/mol. The Labute approximate surface area is 114 Å². The fraction of sp³-hybridized carbons (Fsp3) is 0.222. The minimum Gasteiger partial charge on any atom is -0.487 e. The molecule has 0 radical (unpaired) electrons. The number of rotatable bonds is 4. The van der Waals surface area contributed by atoms with Crippen molar-refractivity contribution in [3.63, 3.8) is 0 Å². The highest BCUT2D eigenvalue weighted by Gasteiger charge is 2.27. The van der Waals surface area contributed by atoms with E-state index >= 15 is 0 Å². The van der Waals surface area contributed by atoms with Gasteiger partial charge < -0.3 is 4.74 Å². The highest BCUT2D eigenvalue weighted by Crippen LogP contribution is 2.45. The predicted molar refractivity (Wildman–Crippen MR) is 77.1 cm³/mol. The maximum Gasteiger partial charge on any atom is 0.138 e. The molecule has 1 aliphatic rings. The van der Waals surface area contributed by atoms with Crippen LogP contribution >= 0.6 is 0 Å². The molecule has 1 fully saturated rings. The van der Waals surface area contributed by atoms with Crippen molar-refractivity contribution in [1.82, 2.24) is 0 Å². The van der Waals surface area contributed by atoms with Crippen LogP contribution in [0.3, 0.4) is 0 Å². The van der Waals surface area contributed by atoms with Crippen molar-refractivity contribution in [2.75, 3.05) is 0 Å². The van der Waals surface area contributed by atoms with Gasteiger partial charge in [0.05, 0.1) is 5.56 Å². The quantitative estimate of drug-likeness (QED) is 0.739. The van der Waals surface area contributed by atoms with Crippen molar-refractivity contribution in [2.24, 2.45) is 0 Å². The van der Waals surface area contributed by atoms with E-state index in [4.69, 9.17) is 11.2 Å². The summed E-state index contributed by atoms with van der Waals surface area (Å²) in [4.78, 5) is 0. The highest BCUT2D eigenvalue weighted by atomic mass is 16.5. The SMILES string of the molecule is C#Cc1cccc(C2CC2)c1OCc1ccccc1. The standard InChI is InChI=1S/C18H16O/c1-2-15-9-6-10-17(16-11-12-16)18(15)19-13-14-7-4-3-5-8-14/h1,3-10,16H,11-13H2. The molecule has 0 amide bonds. The maximum absolute atomic E-state index is 6.00. The zero-order valence-electron chi connectivity index (χ0n) is 10.8. The Morgan fingerprint density at radius 1 is 1.05 bits per heavy atom. The first kappa shape index (κ1) is 11.9. The first-order valence-corrected chi connectivity index (χ1v) is 6.64. The lowest BCUT2D eigenvalue weighted by Crippen LogP contribution is -2.00. The molecular formula is C18H16O. The van der Waals surface area contributed by atoms with E-state index in [0.29, 0.717) is 12.5 Å². The van der Waals surface area contributed by atoms with E-state index in [0.717, 1.165) is 16.9 Å². The molecule has 0 N–H and O–H groups in total. The second-order valence-electron chi connectivity index (χ2n) is 4.92. The van der Waals surface area contributed by atoms with E-state index in [1.807, 2.05) is 30.3 Å². The third-order valence-electron chi connectivity index (χ3n) is 3.44. The lowest BCUT2D eigenvalue weighted by Gasteiger charge is -2.13. The second-order valence-corrected chi connectivity index (χ2v) is 4.92. The zero-order valence-corrected chi connectivity index (χ0v) is 10.8. The molecule has 2 aromatic rings. The monoisotopic (exact) mass is 248 g/mol. The van der Waals surface area contributed by atoms with Gasteiger partial charge in [-0.25, -0.2) is 0 Å². The Morgan fingerprint density at radius 3 is 2.53 bits per heavy atom. The average Bonchev–Trinajstić information content (AvgIpc) is 3.30. The van der Waals surface area contributed by atoms with Gasteiger partial charge in [-0.1, -0.05) is 48.4 Å². The number of para-hydroxylation sites is 1. The topological polar surface area (TPSA) is 9.23 Å². The summed E-state index contributed by atoms with van der Waals surface area (Å²) >= 11 is 0. The molecule has 0 saturated heterocycles. The van der Waals surface area contributed by atoms with Crippen molar-refractivity contribution in [2.45, 2.75) is 25.4 Å². The molecule has 0 unspecified atom stereocenters. The van der Waals surface area contributed by atoms with Gasteiger partial charge in [-0.15, -0.1) is 6.42 Å². The third-order valence-corrected chi connectivity index (χ3v) is 3.44. The summed E-state index contributed by atoms with van der Waals surface area (Å²) in [6.07, 6.45) is 8.07. The van der Waals surface area contributed by atoms with Crippen molar-refractivity contribution in [3.05, 3.63) is 65.2 Å². The highest BCUT2D eigenvalue weighted by molar-refractivity contribution is 5.52. The summed E-state index contributed by atoms with van der Waals surface area (Å²) in [6, 6.07) is 16.3. The van der Waals surface area contributed by atoms with Gasteiger partial charge in [-0.05, 0) is 36.0 Å². The molecule has 1 heteroatoms. The zero-order chi connectivity index (χ0) is 13.1. The molecular weight excluding hydrogens is 232 g/mol. The van der Waals surface area contributed by atoms with Crippen LogP contribution in [-0.4, -0.2) is 0 Å². The molecule has 19 heavy (non-hydrogen) atoms. The molecule has 1 aliphatic carbocycles. The van der Waals surface area contributed by atoms with Crippen LogP contribution in [0, 0.1) is 12.3 Å². The molecule has 2 aromatic carbocycles. The van der Waals surface area contributed by atoms with E-state index in [1.54, 1.807) is 0 Å². The lowest BCUT2D eigenvalue weighted by molar-refractivity contribution is 0.302. The van der Waals surface area contributed by atoms with E-state index < -0.39 is 0 Å². The minimum absolute atomic E-state index is 0.569. The Kier molecular flexibility index (Phi) is 3.25. The van der Waals surface area contributed by atoms with Gasteiger partial charge in [0.15, 0.2) is 0 Å². The maximum atomic E-state index is 6.00. The van der Waals surface area contributed by atoms with E-state index in [9.17, 15) is 0 Å². The van der Waals surface area contributed by atoms with E-state index in [2.05, 4.69) is 24.1 Å². The molecule has 1 nitrogen and oxygen atoms in total. The summed E-state index contributed by atoms with van der Waals surface area (Å²) in [7, 11) is 0. The van der Waals surface area contributed by atoms with Crippen LogP contribution in [-0.2, 0) is 6.61 Å². The molecule has 0 aromatic heterocycles. The van der Waals surface area contributed by atoms with Gasteiger partial charge in [0, 0.05) is 0 Å². The van der Waals surface area contributed by atoms with Crippen LogP contribution in [0.5, 0.6) is 5.75 Å². The predicted octanol–water partition coefficient (Wildman–Crippen LogP) is 4.12. The summed E-state index contributed by atoms with van der Waals surface area (Å²) in [5, 5.41) is 0. The Hall–Kier alpha value is -2.20. The number of benzene rings is 2. The molecule has 0 aliphatic heterocycles. The van der Waals surface area contributed by atoms with Crippen LogP contribution in [0.25, 0.3) is 0 Å². The molecule has 0 spiro atoms. The molecule has 0 atom stereocenters. The first-order chi connectivity index (χ1) is 9.38. The van der Waals surface area contributed by atoms with Gasteiger partial charge in [-0.2, -0.15) is 0 Å². The van der Waals surface area contributed by atoms with Gasteiger partial charge in [-0.3, -0.25) is 0 Å². The minimum atomic E-state index is 0.569. The largest absolute Gasteiger partial charge is 0.487 e. The van der Waals surface area contributed by atoms with Gasteiger partial charge in [0.25, 0.3) is 0 Å². The Balaban J connectivity index is 1.85. The van der Waals surface area contributed by atoms with E-state index in [1.165, 1.54) is 18.4 Å². The Morgan fingerprint density at radius 2 is 1.84 bits per heavy atom. The van der Waals surface area contributed by atoms with Crippen molar-refractivity contribution in [3.8, 4) is 18.1 Å². The summed E-state index contributed by atoms with van der Waals surface area (Å²) in [5.74, 6) is 4.27. The van der Waals surface area contributed by atoms with Crippen LogP contribution in [0.2, 0.25) is 0 Å². The fourth-order valence-electron chi connectivity index (χ4n) is 2.28. The smallest absolute Gasteiger partial charge is 0.138 e. The summed E-state index contributed by atoms with van der Waals surface area (Å²) in [6.45, 7) is 0.569. The van der Waals surface area contributed by atoms with Crippen LogP contribution in [0.4, 0.5) is 0 Å². The molecule has 3 rings (SSSR count). The van der Waals surface area contributed by atoms with Crippen LogP contribution in [0.1, 0.15) is 35.4 Å². The Bertz CT molecular complexity index is 603. The number of terminal acetylenes is 1. The van der Waals surface area contributed by atoms with Gasteiger partial charge >= 0.3 is 0 Å². The van der Waals surface area contributed by atoms with E-state index in [-0.39, 0.29) is 0 Å². The lowest BCUT2D eigenvalue weighted by atomic mass is 10.1. The molecule has 0 heterocycles. The van der Waals surface area contributed by atoms with Gasteiger partial charge in [0.2, 0.25) is 0 Å². The number of hydrogen-bond donors (Lipinski definition) is 0.